The van der Waals surface area contributed by atoms with Gasteiger partial charge in [-0.05, 0) is 19.3 Å². The Balaban J connectivity index is 2.19. The van der Waals surface area contributed by atoms with E-state index in [2.05, 4.69) is 34.2 Å². The standard InChI is InChI=1S/C13H19N5O2/c1-8(2)5-10(12-14-6-16-18(12)4)17-13(19)11-9(3)20-7-15-11/h6-8,10H,5H2,1-4H3,(H,17,19)/t10-/m0/s1. The molecule has 7 heteroatoms. The minimum atomic E-state index is -0.259. The molecule has 108 valence electrons. The molecule has 0 aliphatic rings. The number of hydrogen-bond acceptors (Lipinski definition) is 5. The van der Waals surface area contributed by atoms with Crippen LogP contribution in [-0.4, -0.2) is 25.7 Å². The number of carbonyl (C=O) groups is 1. The lowest BCUT2D eigenvalue weighted by Crippen LogP contribution is -2.32. The van der Waals surface area contributed by atoms with Crippen LogP contribution in [0.4, 0.5) is 0 Å². The van der Waals surface area contributed by atoms with Gasteiger partial charge in [0.25, 0.3) is 5.91 Å². The van der Waals surface area contributed by atoms with Crippen molar-refractivity contribution in [3.8, 4) is 0 Å². The van der Waals surface area contributed by atoms with Gasteiger partial charge in [-0.25, -0.2) is 9.97 Å². The Bertz CT molecular complexity index is 587. The van der Waals surface area contributed by atoms with Crippen LogP contribution >= 0.6 is 0 Å². The molecular weight excluding hydrogens is 258 g/mol. The monoisotopic (exact) mass is 277 g/mol. The predicted octanol–water partition coefficient (Wildman–Crippen LogP) is 1.63. The molecule has 0 bridgehead atoms. The van der Waals surface area contributed by atoms with E-state index < -0.39 is 0 Å². The van der Waals surface area contributed by atoms with Gasteiger partial charge >= 0.3 is 0 Å². The summed E-state index contributed by atoms with van der Waals surface area (Å²) in [6.07, 6.45) is 3.52. The van der Waals surface area contributed by atoms with Crippen LogP contribution < -0.4 is 5.32 Å². The van der Waals surface area contributed by atoms with Crippen molar-refractivity contribution in [2.45, 2.75) is 33.2 Å². The zero-order valence-corrected chi connectivity index (χ0v) is 12.1. The molecule has 0 saturated carbocycles. The lowest BCUT2D eigenvalue weighted by Gasteiger charge is -2.19. The maximum Gasteiger partial charge on any atom is 0.274 e. The van der Waals surface area contributed by atoms with Crippen LogP contribution in [0.3, 0.4) is 0 Å². The number of rotatable bonds is 5. The fraction of sp³-hybridized carbons (Fsp3) is 0.538. The van der Waals surface area contributed by atoms with Crippen LogP contribution in [0.1, 0.15) is 48.4 Å². The number of oxazole rings is 1. The van der Waals surface area contributed by atoms with E-state index in [9.17, 15) is 4.79 Å². The number of aromatic nitrogens is 4. The van der Waals surface area contributed by atoms with E-state index in [1.54, 1.807) is 11.6 Å². The summed E-state index contributed by atoms with van der Waals surface area (Å²) in [6.45, 7) is 5.90. The van der Waals surface area contributed by atoms with Crippen LogP contribution in [0.2, 0.25) is 0 Å². The van der Waals surface area contributed by atoms with Crippen molar-refractivity contribution in [1.82, 2.24) is 25.1 Å². The average molecular weight is 277 g/mol. The highest BCUT2D eigenvalue weighted by Gasteiger charge is 2.23. The van der Waals surface area contributed by atoms with E-state index in [0.717, 1.165) is 12.2 Å². The Morgan fingerprint density at radius 2 is 2.20 bits per heavy atom. The normalized spacial score (nSPS) is 12.7. The van der Waals surface area contributed by atoms with Crippen LogP contribution in [0.5, 0.6) is 0 Å². The molecule has 0 aromatic carbocycles. The van der Waals surface area contributed by atoms with Gasteiger partial charge in [-0.15, -0.1) is 0 Å². The second kappa shape index (κ2) is 5.85. The zero-order chi connectivity index (χ0) is 14.7. The van der Waals surface area contributed by atoms with Crippen LogP contribution in [-0.2, 0) is 7.05 Å². The number of hydrogen-bond donors (Lipinski definition) is 1. The summed E-state index contributed by atoms with van der Waals surface area (Å²) in [7, 11) is 1.81. The SMILES string of the molecule is Cc1ocnc1C(=O)N[C@@H](CC(C)C)c1ncnn1C. The first-order chi connectivity index (χ1) is 9.49. The number of nitrogens with zero attached hydrogens (tertiary/aromatic N) is 4. The molecule has 1 N–H and O–H groups in total. The van der Waals surface area contributed by atoms with Crippen molar-refractivity contribution in [2.75, 3.05) is 0 Å². The summed E-state index contributed by atoms with van der Waals surface area (Å²) in [5, 5.41) is 7.00. The zero-order valence-electron chi connectivity index (χ0n) is 12.1. The highest BCUT2D eigenvalue weighted by atomic mass is 16.3. The van der Waals surface area contributed by atoms with Crippen molar-refractivity contribution >= 4 is 5.91 Å². The van der Waals surface area contributed by atoms with Crippen LogP contribution in [0, 0.1) is 12.8 Å². The molecule has 2 aromatic rings. The summed E-state index contributed by atoms with van der Waals surface area (Å²) in [5.74, 6) is 1.39. The minimum Gasteiger partial charge on any atom is -0.448 e. The van der Waals surface area contributed by atoms with Gasteiger partial charge in [-0.2, -0.15) is 5.10 Å². The van der Waals surface area contributed by atoms with Crippen LogP contribution in [0.15, 0.2) is 17.1 Å². The highest BCUT2D eigenvalue weighted by Crippen LogP contribution is 2.19. The van der Waals surface area contributed by atoms with E-state index in [-0.39, 0.29) is 11.9 Å². The third-order valence-electron chi connectivity index (χ3n) is 3.03. The third-order valence-corrected chi connectivity index (χ3v) is 3.03. The Morgan fingerprint density at radius 1 is 1.45 bits per heavy atom. The number of carbonyl (C=O) groups excluding carboxylic acids is 1. The van der Waals surface area contributed by atoms with E-state index >= 15 is 0 Å². The van der Waals surface area contributed by atoms with Gasteiger partial charge in [0.2, 0.25) is 0 Å². The molecule has 2 aromatic heterocycles. The predicted molar refractivity (Wildman–Crippen MR) is 71.9 cm³/mol. The van der Waals surface area contributed by atoms with Crippen molar-refractivity contribution in [2.24, 2.45) is 13.0 Å². The fourth-order valence-corrected chi connectivity index (χ4v) is 2.07. The summed E-state index contributed by atoms with van der Waals surface area (Å²) in [5.41, 5.74) is 0.306. The first kappa shape index (κ1) is 14.2. The smallest absolute Gasteiger partial charge is 0.274 e. The van der Waals surface area contributed by atoms with E-state index in [1.165, 1.54) is 12.7 Å². The first-order valence-electron chi connectivity index (χ1n) is 6.54. The summed E-state index contributed by atoms with van der Waals surface area (Å²) < 4.78 is 6.73. The Kier molecular flexibility index (Phi) is 4.16. The molecule has 0 saturated heterocycles. The van der Waals surface area contributed by atoms with Gasteiger partial charge in [0.1, 0.15) is 17.9 Å². The molecule has 20 heavy (non-hydrogen) atoms. The topological polar surface area (TPSA) is 85.8 Å². The second-order valence-electron chi connectivity index (χ2n) is 5.15. The van der Waals surface area contributed by atoms with Gasteiger partial charge in [0.05, 0.1) is 6.04 Å². The summed E-state index contributed by atoms with van der Waals surface area (Å²) >= 11 is 0. The molecule has 1 atom stereocenters. The molecule has 7 nitrogen and oxygen atoms in total. The Morgan fingerprint density at radius 3 is 2.70 bits per heavy atom. The highest BCUT2D eigenvalue weighted by molar-refractivity contribution is 5.93. The molecule has 2 rings (SSSR count). The lowest BCUT2D eigenvalue weighted by atomic mass is 10.0. The molecule has 0 radical (unpaired) electrons. The second-order valence-corrected chi connectivity index (χ2v) is 5.15. The maximum absolute atomic E-state index is 12.2. The first-order valence-corrected chi connectivity index (χ1v) is 6.54. The van der Waals surface area contributed by atoms with E-state index in [1.807, 2.05) is 7.05 Å². The quantitative estimate of drug-likeness (QED) is 0.897. The van der Waals surface area contributed by atoms with Crippen molar-refractivity contribution in [3.63, 3.8) is 0 Å². The van der Waals surface area contributed by atoms with Gasteiger partial charge in [0.15, 0.2) is 12.1 Å². The summed E-state index contributed by atoms with van der Waals surface area (Å²) in [6, 6.07) is -0.203. The van der Waals surface area contributed by atoms with Crippen LogP contribution in [0.25, 0.3) is 0 Å². The molecule has 2 heterocycles. The third kappa shape index (κ3) is 3.04. The molecule has 1 amide bonds. The molecule has 0 spiro atoms. The largest absolute Gasteiger partial charge is 0.448 e. The molecule has 0 unspecified atom stereocenters. The molecule has 0 aliphatic heterocycles. The van der Waals surface area contributed by atoms with Crippen molar-refractivity contribution < 1.29 is 9.21 Å². The lowest BCUT2D eigenvalue weighted by molar-refractivity contribution is 0.0923. The molecule has 0 aliphatic carbocycles. The number of nitrogens with one attached hydrogen (secondary N) is 1. The Labute approximate surface area is 117 Å². The van der Waals surface area contributed by atoms with Gasteiger partial charge < -0.3 is 9.73 Å². The van der Waals surface area contributed by atoms with Crippen molar-refractivity contribution in [3.05, 3.63) is 30.0 Å². The van der Waals surface area contributed by atoms with Gasteiger partial charge in [-0.1, -0.05) is 13.8 Å². The van der Waals surface area contributed by atoms with Gasteiger partial charge in [-0.3, -0.25) is 9.48 Å². The Hall–Kier alpha value is -2.18. The fourth-order valence-electron chi connectivity index (χ4n) is 2.07. The van der Waals surface area contributed by atoms with E-state index in [4.69, 9.17) is 4.42 Å². The number of amides is 1. The molecule has 0 fully saturated rings. The maximum atomic E-state index is 12.2. The average Bonchev–Trinajstić information content (AvgIpc) is 2.96. The van der Waals surface area contributed by atoms with E-state index in [0.29, 0.717) is 17.4 Å². The van der Waals surface area contributed by atoms with Crippen molar-refractivity contribution in [1.29, 1.82) is 0 Å². The number of aryl methyl sites for hydroxylation is 2. The van der Waals surface area contributed by atoms with Gasteiger partial charge in [0, 0.05) is 7.05 Å². The minimum absolute atomic E-state index is 0.203. The molecular formula is C13H19N5O2. The summed E-state index contributed by atoms with van der Waals surface area (Å²) in [4.78, 5) is 20.4.